The summed E-state index contributed by atoms with van der Waals surface area (Å²) in [4.78, 5) is 10.3. The molecule has 20 heavy (non-hydrogen) atoms. The highest BCUT2D eigenvalue weighted by atomic mass is 16.6. The van der Waals surface area contributed by atoms with E-state index in [1.54, 1.807) is 50.2 Å². The third kappa shape index (κ3) is 3.13. The van der Waals surface area contributed by atoms with Gasteiger partial charge in [0.25, 0.3) is 5.69 Å². The summed E-state index contributed by atoms with van der Waals surface area (Å²) in [5.74, 6) is 1.15. The van der Waals surface area contributed by atoms with E-state index >= 15 is 0 Å². The number of aliphatic hydroxyl groups excluding tert-OH is 1. The number of rotatable bonds is 4. The van der Waals surface area contributed by atoms with E-state index in [-0.39, 0.29) is 5.69 Å². The van der Waals surface area contributed by atoms with E-state index in [2.05, 4.69) is 0 Å². The highest BCUT2D eigenvalue weighted by Crippen LogP contribution is 2.27. The van der Waals surface area contributed by atoms with Crippen LogP contribution in [0.3, 0.4) is 0 Å². The predicted octanol–water partition coefficient (Wildman–Crippen LogP) is 3.75. The molecule has 0 saturated carbocycles. The summed E-state index contributed by atoms with van der Waals surface area (Å²) in [7, 11) is 0. The Morgan fingerprint density at radius 1 is 1.15 bits per heavy atom. The van der Waals surface area contributed by atoms with Crippen molar-refractivity contribution in [2.24, 2.45) is 0 Å². The Hall–Kier alpha value is -2.40. The Kier molecular flexibility index (Phi) is 4.00. The third-order valence-electron chi connectivity index (χ3n) is 2.96. The Balaban J connectivity index is 2.17. The van der Waals surface area contributed by atoms with Crippen LogP contribution in [0.1, 0.15) is 24.2 Å². The Bertz CT molecular complexity index is 620. The average molecular weight is 273 g/mol. The van der Waals surface area contributed by atoms with Gasteiger partial charge >= 0.3 is 0 Å². The number of nitro benzene ring substituents is 1. The van der Waals surface area contributed by atoms with Crippen LogP contribution in [0.4, 0.5) is 5.69 Å². The van der Waals surface area contributed by atoms with Gasteiger partial charge in [0.1, 0.15) is 11.5 Å². The van der Waals surface area contributed by atoms with Gasteiger partial charge in [-0.05, 0) is 43.7 Å². The van der Waals surface area contributed by atoms with Crippen LogP contribution in [0.2, 0.25) is 0 Å². The van der Waals surface area contributed by atoms with Crippen molar-refractivity contribution in [1.29, 1.82) is 0 Å². The number of hydrogen-bond donors (Lipinski definition) is 1. The van der Waals surface area contributed by atoms with Crippen molar-refractivity contribution < 1.29 is 14.8 Å². The van der Waals surface area contributed by atoms with Gasteiger partial charge in [-0.2, -0.15) is 0 Å². The van der Waals surface area contributed by atoms with Crippen LogP contribution in [-0.2, 0) is 0 Å². The normalized spacial score (nSPS) is 11.9. The number of benzene rings is 2. The van der Waals surface area contributed by atoms with Crippen LogP contribution in [0.25, 0.3) is 0 Å². The van der Waals surface area contributed by atoms with Crippen molar-refractivity contribution in [3.8, 4) is 11.5 Å². The van der Waals surface area contributed by atoms with Crippen molar-refractivity contribution in [2.45, 2.75) is 20.0 Å². The molecule has 0 spiro atoms. The maximum absolute atomic E-state index is 10.7. The minimum atomic E-state index is -0.523. The Morgan fingerprint density at radius 3 is 2.25 bits per heavy atom. The maximum Gasteiger partial charge on any atom is 0.272 e. The molecule has 2 aromatic carbocycles. The summed E-state index contributed by atoms with van der Waals surface area (Å²) in [5.41, 5.74) is 1.42. The zero-order chi connectivity index (χ0) is 14.7. The molecule has 0 aromatic heterocycles. The third-order valence-corrected chi connectivity index (χ3v) is 2.96. The molecule has 1 atom stereocenters. The molecule has 0 radical (unpaired) electrons. The van der Waals surface area contributed by atoms with Crippen LogP contribution in [0, 0.1) is 17.0 Å². The van der Waals surface area contributed by atoms with Gasteiger partial charge in [0.15, 0.2) is 0 Å². The lowest BCUT2D eigenvalue weighted by Gasteiger charge is -2.09. The molecule has 0 aliphatic carbocycles. The van der Waals surface area contributed by atoms with Gasteiger partial charge in [0.05, 0.1) is 11.0 Å². The minimum absolute atomic E-state index is 0.0711. The molecule has 5 nitrogen and oxygen atoms in total. The summed E-state index contributed by atoms with van der Waals surface area (Å²) in [5, 5.41) is 20.2. The fourth-order valence-corrected chi connectivity index (χ4v) is 1.85. The largest absolute Gasteiger partial charge is 0.457 e. The summed E-state index contributed by atoms with van der Waals surface area (Å²) in [6.07, 6.45) is -0.523. The Labute approximate surface area is 116 Å². The molecular formula is C15H15NO4. The summed E-state index contributed by atoms with van der Waals surface area (Å²) < 4.78 is 5.62. The fraction of sp³-hybridized carbons (Fsp3) is 0.200. The van der Waals surface area contributed by atoms with E-state index in [9.17, 15) is 15.2 Å². The molecule has 0 saturated heterocycles. The maximum atomic E-state index is 10.7. The SMILES string of the molecule is Cc1cc(Oc2ccc([C@@H](C)O)cc2)ccc1[N+](=O)[O-]. The van der Waals surface area contributed by atoms with E-state index in [0.717, 1.165) is 5.56 Å². The first-order chi connectivity index (χ1) is 9.47. The Morgan fingerprint density at radius 2 is 1.75 bits per heavy atom. The fourth-order valence-electron chi connectivity index (χ4n) is 1.85. The zero-order valence-corrected chi connectivity index (χ0v) is 11.2. The average Bonchev–Trinajstić information content (AvgIpc) is 2.39. The number of nitro groups is 1. The van der Waals surface area contributed by atoms with Crippen LogP contribution in [0.15, 0.2) is 42.5 Å². The molecule has 0 unspecified atom stereocenters. The first kappa shape index (κ1) is 14.0. The summed E-state index contributed by atoms with van der Waals surface area (Å²) >= 11 is 0. The quantitative estimate of drug-likeness (QED) is 0.680. The molecule has 2 rings (SSSR count). The first-order valence-corrected chi connectivity index (χ1v) is 6.18. The molecule has 0 aliphatic heterocycles. The zero-order valence-electron chi connectivity index (χ0n) is 11.2. The van der Waals surface area contributed by atoms with Gasteiger partial charge in [0.2, 0.25) is 0 Å². The van der Waals surface area contributed by atoms with E-state index in [1.165, 1.54) is 6.07 Å². The summed E-state index contributed by atoms with van der Waals surface area (Å²) in [6, 6.07) is 11.7. The van der Waals surface area contributed by atoms with Gasteiger partial charge in [-0.3, -0.25) is 10.1 Å². The van der Waals surface area contributed by atoms with Crippen molar-refractivity contribution in [1.82, 2.24) is 0 Å². The molecule has 5 heteroatoms. The van der Waals surface area contributed by atoms with Crippen molar-refractivity contribution in [2.75, 3.05) is 0 Å². The van der Waals surface area contributed by atoms with Crippen molar-refractivity contribution >= 4 is 5.69 Å². The number of hydrogen-bond acceptors (Lipinski definition) is 4. The second-order valence-electron chi connectivity index (χ2n) is 4.55. The molecular weight excluding hydrogens is 258 g/mol. The summed E-state index contributed by atoms with van der Waals surface area (Å²) in [6.45, 7) is 3.36. The molecule has 2 aromatic rings. The number of aryl methyl sites for hydroxylation is 1. The van der Waals surface area contributed by atoms with Gasteiger partial charge in [-0.25, -0.2) is 0 Å². The van der Waals surface area contributed by atoms with Crippen molar-refractivity contribution in [3.63, 3.8) is 0 Å². The highest BCUT2D eigenvalue weighted by molar-refractivity contribution is 5.45. The van der Waals surface area contributed by atoms with Gasteiger partial charge in [-0.15, -0.1) is 0 Å². The van der Waals surface area contributed by atoms with Crippen LogP contribution >= 0.6 is 0 Å². The molecule has 1 N–H and O–H groups in total. The van der Waals surface area contributed by atoms with Crippen LogP contribution < -0.4 is 4.74 Å². The monoisotopic (exact) mass is 273 g/mol. The molecule has 0 aliphatic rings. The first-order valence-electron chi connectivity index (χ1n) is 6.18. The van der Waals surface area contributed by atoms with E-state index in [0.29, 0.717) is 17.1 Å². The predicted molar refractivity (Wildman–Crippen MR) is 75.0 cm³/mol. The lowest BCUT2D eigenvalue weighted by atomic mass is 10.1. The van der Waals surface area contributed by atoms with Gasteiger partial charge < -0.3 is 9.84 Å². The number of aliphatic hydroxyl groups is 1. The van der Waals surface area contributed by atoms with E-state index in [4.69, 9.17) is 4.74 Å². The number of nitrogens with zero attached hydrogens (tertiary/aromatic N) is 1. The lowest BCUT2D eigenvalue weighted by Crippen LogP contribution is -1.93. The molecule has 104 valence electrons. The molecule has 0 bridgehead atoms. The van der Waals surface area contributed by atoms with E-state index in [1.807, 2.05) is 0 Å². The second kappa shape index (κ2) is 5.71. The van der Waals surface area contributed by atoms with Gasteiger partial charge in [0, 0.05) is 11.6 Å². The molecule has 0 fully saturated rings. The minimum Gasteiger partial charge on any atom is -0.457 e. The standard InChI is InChI=1S/C15H15NO4/c1-10-9-14(7-8-15(10)16(18)19)20-13-5-3-12(4-6-13)11(2)17/h3-9,11,17H,1-2H3/t11-/m1/s1. The van der Waals surface area contributed by atoms with Gasteiger partial charge in [-0.1, -0.05) is 12.1 Å². The molecule has 0 amide bonds. The van der Waals surface area contributed by atoms with E-state index < -0.39 is 11.0 Å². The van der Waals surface area contributed by atoms with Crippen molar-refractivity contribution in [3.05, 3.63) is 63.7 Å². The lowest BCUT2D eigenvalue weighted by molar-refractivity contribution is -0.385. The topological polar surface area (TPSA) is 72.6 Å². The highest BCUT2D eigenvalue weighted by Gasteiger charge is 2.11. The second-order valence-corrected chi connectivity index (χ2v) is 4.55. The van der Waals surface area contributed by atoms with Crippen LogP contribution in [-0.4, -0.2) is 10.0 Å². The smallest absolute Gasteiger partial charge is 0.272 e. The molecule has 0 heterocycles. The number of ether oxygens (including phenoxy) is 1. The van der Waals surface area contributed by atoms with Crippen LogP contribution in [0.5, 0.6) is 11.5 Å².